The van der Waals surface area contributed by atoms with Crippen molar-refractivity contribution in [2.45, 2.75) is 33.4 Å². The van der Waals surface area contributed by atoms with E-state index in [9.17, 15) is 0 Å². The molecule has 2 aromatic heterocycles. The van der Waals surface area contributed by atoms with Gasteiger partial charge in [-0.1, -0.05) is 13.8 Å². The molecule has 0 saturated carbocycles. The second kappa shape index (κ2) is 5.63. The molecule has 0 spiro atoms. The fraction of sp³-hybridized carbons (Fsp3) is 0.500. The number of nitrogens with zero attached hydrogens (tertiary/aromatic N) is 3. The Balaban J connectivity index is 2.04. The third-order valence-electron chi connectivity index (χ3n) is 2.60. The van der Waals surface area contributed by atoms with Crippen molar-refractivity contribution < 1.29 is 4.42 Å². The molecule has 0 fully saturated rings. The second-order valence-electron chi connectivity index (χ2n) is 3.85. The summed E-state index contributed by atoms with van der Waals surface area (Å²) >= 11 is 0. The van der Waals surface area contributed by atoms with Crippen LogP contribution in [0, 0.1) is 0 Å². The van der Waals surface area contributed by atoms with Gasteiger partial charge in [-0.05, 0) is 18.7 Å². The van der Waals surface area contributed by atoms with Crippen molar-refractivity contribution in [3.63, 3.8) is 0 Å². The van der Waals surface area contributed by atoms with E-state index in [0.717, 1.165) is 19.5 Å². The first-order chi connectivity index (χ1) is 8.33. The second-order valence-corrected chi connectivity index (χ2v) is 3.85. The monoisotopic (exact) mass is 234 g/mol. The molecule has 17 heavy (non-hydrogen) atoms. The number of hydrogen-bond acceptors (Lipinski definition) is 4. The molecule has 2 rings (SSSR count). The molecule has 5 heteroatoms. The van der Waals surface area contributed by atoms with Gasteiger partial charge in [0.1, 0.15) is 6.54 Å². The van der Waals surface area contributed by atoms with E-state index in [-0.39, 0.29) is 0 Å². The largest absolute Gasteiger partial charge is 0.423 e. The predicted molar refractivity (Wildman–Crippen MR) is 64.6 cm³/mol. The summed E-state index contributed by atoms with van der Waals surface area (Å²) in [6.45, 7) is 6.56. The number of aryl methyl sites for hydroxylation is 1. The van der Waals surface area contributed by atoms with Crippen LogP contribution in [0.3, 0.4) is 0 Å². The SMILES string of the molecule is CCNCc1cccn1Cc1nnc(CC)o1. The third kappa shape index (κ3) is 2.94. The Hall–Kier alpha value is -1.62. The lowest BCUT2D eigenvalue weighted by Crippen LogP contribution is -2.15. The van der Waals surface area contributed by atoms with Crippen LogP contribution in [0.4, 0.5) is 0 Å². The Morgan fingerprint density at radius 2 is 2.12 bits per heavy atom. The third-order valence-corrected chi connectivity index (χ3v) is 2.60. The van der Waals surface area contributed by atoms with Crippen LogP contribution in [0.15, 0.2) is 22.7 Å². The zero-order valence-electron chi connectivity index (χ0n) is 10.3. The van der Waals surface area contributed by atoms with Crippen LogP contribution in [-0.4, -0.2) is 21.3 Å². The van der Waals surface area contributed by atoms with Gasteiger partial charge in [0.2, 0.25) is 11.8 Å². The Kier molecular flexibility index (Phi) is 3.93. The molecule has 1 N–H and O–H groups in total. The summed E-state index contributed by atoms with van der Waals surface area (Å²) in [7, 11) is 0. The van der Waals surface area contributed by atoms with Gasteiger partial charge in [-0.2, -0.15) is 0 Å². The van der Waals surface area contributed by atoms with E-state index in [0.29, 0.717) is 18.3 Å². The van der Waals surface area contributed by atoms with E-state index in [4.69, 9.17) is 4.42 Å². The van der Waals surface area contributed by atoms with Gasteiger partial charge in [-0.3, -0.25) is 0 Å². The Morgan fingerprint density at radius 3 is 2.82 bits per heavy atom. The number of hydrogen-bond donors (Lipinski definition) is 1. The highest BCUT2D eigenvalue weighted by atomic mass is 16.4. The molecule has 0 aliphatic heterocycles. The average Bonchev–Trinajstić information content (AvgIpc) is 2.96. The predicted octanol–water partition coefficient (Wildman–Crippen LogP) is 1.59. The van der Waals surface area contributed by atoms with Crippen molar-refractivity contribution >= 4 is 0 Å². The van der Waals surface area contributed by atoms with Gasteiger partial charge in [0.15, 0.2) is 0 Å². The highest BCUT2D eigenvalue weighted by Gasteiger charge is 2.07. The highest BCUT2D eigenvalue weighted by molar-refractivity contribution is 5.08. The van der Waals surface area contributed by atoms with Crippen LogP contribution in [-0.2, 0) is 19.5 Å². The van der Waals surface area contributed by atoms with Gasteiger partial charge in [-0.25, -0.2) is 0 Å². The first-order valence-electron chi connectivity index (χ1n) is 5.99. The lowest BCUT2D eigenvalue weighted by atomic mass is 10.4. The maximum absolute atomic E-state index is 5.50. The van der Waals surface area contributed by atoms with Crippen molar-refractivity contribution in [1.29, 1.82) is 0 Å². The molecule has 0 amide bonds. The summed E-state index contributed by atoms with van der Waals surface area (Å²) in [6, 6.07) is 4.13. The molecule has 0 aliphatic rings. The van der Waals surface area contributed by atoms with E-state index in [2.05, 4.69) is 33.1 Å². The fourth-order valence-electron chi connectivity index (χ4n) is 1.66. The van der Waals surface area contributed by atoms with E-state index >= 15 is 0 Å². The summed E-state index contributed by atoms with van der Waals surface area (Å²) in [4.78, 5) is 0. The lowest BCUT2D eigenvalue weighted by molar-refractivity contribution is 0.439. The minimum absolute atomic E-state index is 0.640. The molecule has 92 valence electrons. The van der Waals surface area contributed by atoms with Crippen LogP contribution in [0.25, 0.3) is 0 Å². The van der Waals surface area contributed by atoms with E-state index < -0.39 is 0 Å². The minimum Gasteiger partial charge on any atom is -0.423 e. The molecule has 0 saturated heterocycles. The van der Waals surface area contributed by atoms with Gasteiger partial charge in [0, 0.05) is 24.9 Å². The van der Waals surface area contributed by atoms with Crippen molar-refractivity contribution in [3.05, 3.63) is 35.8 Å². The van der Waals surface area contributed by atoms with Crippen LogP contribution in [0.5, 0.6) is 0 Å². The topological polar surface area (TPSA) is 55.9 Å². The molecular formula is C12H18N4O. The van der Waals surface area contributed by atoms with Gasteiger partial charge in [-0.15, -0.1) is 10.2 Å². The molecule has 0 atom stereocenters. The Bertz CT molecular complexity index is 461. The zero-order valence-corrected chi connectivity index (χ0v) is 10.3. The summed E-state index contributed by atoms with van der Waals surface area (Å²) in [6.07, 6.45) is 2.81. The number of rotatable bonds is 6. The summed E-state index contributed by atoms with van der Waals surface area (Å²) in [5, 5.41) is 11.3. The first kappa shape index (κ1) is 11.9. The van der Waals surface area contributed by atoms with Crippen LogP contribution >= 0.6 is 0 Å². The van der Waals surface area contributed by atoms with Gasteiger partial charge in [0.05, 0.1) is 0 Å². The van der Waals surface area contributed by atoms with Crippen LogP contribution in [0.1, 0.15) is 31.3 Å². The highest BCUT2D eigenvalue weighted by Crippen LogP contribution is 2.07. The smallest absolute Gasteiger partial charge is 0.236 e. The molecule has 2 aromatic rings. The average molecular weight is 234 g/mol. The summed E-state index contributed by atoms with van der Waals surface area (Å²) in [5.74, 6) is 1.36. The van der Waals surface area contributed by atoms with Gasteiger partial charge < -0.3 is 14.3 Å². The summed E-state index contributed by atoms with van der Waals surface area (Å²) < 4.78 is 7.62. The Morgan fingerprint density at radius 1 is 1.29 bits per heavy atom. The lowest BCUT2D eigenvalue weighted by Gasteiger charge is -2.06. The van der Waals surface area contributed by atoms with Crippen LogP contribution in [0.2, 0.25) is 0 Å². The van der Waals surface area contributed by atoms with Crippen LogP contribution < -0.4 is 5.32 Å². The van der Waals surface area contributed by atoms with Crippen molar-refractivity contribution in [2.24, 2.45) is 0 Å². The van der Waals surface area contributed by atoms with Gasteiger partial charge in [0.25, 0.3) is 0 Å². The molecule has 0 aromatic carbocycles. The Labute approximate surface area is 101 Å². The molecule has 0 unspecified atom stereocenters. The van der Waals surface area contributed by atoms with Crippen molar-refractivity contribution in [2.75, 3.05) is 6.54 Å². The summed E-state index contributed by atoms with van der Waals surface area (Å²) in [5.41, 5.74) is 1.23. The van der Waals surface area contributed by atoms with Crippen molar-refractivity contribution in [3.8, 4) is 0 Å². The standard InChI is InChI=1S/C12H18N4O/c1-3-11-14-15-12(17-11)9-16-7-5-6-10(16)8-13-4-2/h5-7,13H,3-4,8-9H2,1-2H3. The van der Waals surface area contributed by atoms with Crippen molar-refractivity contribution in [1.82, 2.24) is 20.1 Å². The quantitative estimate of drug-likeness (QED) is 0.824. The minimum atomic E-state index is 0.640. The molecule has 2 heterocycles. The molecule has 0 aliphatic carbocycles. The first-order valence-corrected chi connectivity index (χ1v) is 5.99. The molecular weight excluding hydrogens is 216 g/mol. The molecule has 0 bridgehead atoms. The van der Waals surface area contributed by atoms with Gasteiger partial charge >= 0.3 is 0 Å². The number of aromatic nitrogens is 3. The van der Waals surface area contributed by atoms with E-state index in [1.165, 1.54) is 5.69 Å². The fourth-order valence-corrected chi connectivity index (χ4v) is 1.66. The molecule has 0 radical (unpaired) electrons. The zero-order chi connectivity index (χ0) is 12.1. The maximum atomic E-state index is 5.50. The normalized spacial score (nSPS) is 10.9. The van der Waals surface area contributed by atoms with E-state index in [1.807, 2.05) is 19.2 Å². The molecule has 5 nitrogen and oxygen atoms in total. The maximum Gasteiger partial charge on any atom is 0.236 e. The van der Waals surface area contributed by atoms with E-state index in [1.54, 1.807) is 0 Å². The number of nitrogens with one attached hydrogen (secondary N) is 1.